The number of rotatable bonds is 7. The summed E-state index contributed by atoms with van der Waals surface area (Å²) in [5.74, 6) is -0.777. The van der Waals surface area contributed by atoms with E-state index in [0.29, 0.717) is 35.4 Å². The summed E-state index contributed by atoms with van der Waals surface area (Å²) in [5, 5.41) is 3.53. The van der Waals surface area contributed by atoms with Crippen LogP contribution in [0.4, 0.5) is 23.4 Å². The van der Waals surface area contributed by atoms with Crippen LogP contribution in [0.3, 0.4) is 0 Å². The number of fused-ring (bicyclic) bond motifs is 1. The summed E-state index contributed by atoms with van der Waals surface area (Å²) >= 11 is 0. The van der Waals surface area contributed by atoms with Crippen molar-refractivity contribution in [3.8, 4) is 5.75 Å². The largest absolute Gasteiger partial charge is 0.432 e. The van der Waals surface area contributed by atoms with E-state index in [1.165, 1.54) is 29.0 Å². The van der Waals surface area contributed by atoms with Gasteiger partial charge >= 0.3 is 6.61 Å². The first kappa shape index (κ1) is 21.1. The Kier molecular flexibility index (Phi) is 5.32. The zero-order valence-electron chi connectivity index (χ0n) is 16.8. The minimum Gasteiger partial charge on any atom is -0.432 e. The average molecular weight is 436 g/mol. The first-order chi connectivity index (χ1) is 14.7. The van der Waals surface area contributed by atoms with E-state index in [1.54, 1.807) is 13.8 Å². The molecule has 164 valence electrons. The van der Waals surface area contributed by atoms with Crippen LogP contribution in [-0.4, -0.2) is 27.8 Å². The zero-order valence-corrected chi connectivity index (χ0v) is 16.8. The molecule has 1 N–H and O–H groups in total. The van der Waals surface area contributed by atoms with Gasteiger partial charge in [-0.05, 0) is 32.8 Å². The number of hydrogen-bond acceptors (Lipinski definition) is 5. The Hall–Kier alpha value is -3.17. The standard InChI is InChI=1S/C21H20F4N4O2/c1-11(13-4-3-5-16(18(13)23)31-20(24)25)26-19-14-9-29(21(10-22)6-7-21)17(30)8-15(14)27-12(2)28-19/h3-5,8-9,11,20H,6-7,10H2,1-2H3,(H,26,27,28). The number of halogens is 4. The highest BCUT2D eigenvalue weighted by molar-refractivity contribution is 5.88. The summed E-state index contributed by atoms with van der Waals surface area (Å²) in [6.45, 7) is -0.536. The summed E-state index contributed by atoms with van der Waals surface area (Å²) in [6, 6.07) is 4.61. The topological polar surface area (TPSA) is 69.0 Å². The van der Waals surface area contributed by atoms with Gasteiger partial charge in [0.2, 0.25) is 0 Å². The third-order valence-electron chi connectivity index (χ3n) is 5.46. The van der Waals surface area contributed by atoms with Crippen LogP contribution in [-0.2, 0) is 5.54 Å². The summed E-state index contributed by atoms with van der Waals surface area (Å²) in [7, 11) is 0. The molecule has 6 nitrogen and oxygen atoms in total. The molecule has 1 atom stereocenters. The summed E-state index contributed by atoms with van der Waals surface area (Å²) in [6.07, 6.45) is 2.64. The van der Waals surface area contributed by atoms with E-state index in [1.807, 2.05) is 0 Å². The number of anilines is 1. The van der Waals surface area contributed by atoms with E-state index in [-0.39, 0.29) is 11.1 Å². The lowest BCUT2D eigenvalue weighted by molar-refractivity contribution is -0.0522. The molecule has 1 unspecified atom stereocenters. The van der Waals surface area contributed by atoms with Crippen molar-refractivity contribution in [3.63, 3.8) is 0 Å². The fourth-order valence-corrected chi connectivity index (χ4v) is 3.62. The van der Waals surface area contributed by atoms with Gasteiger partial charge in [0.05, 0.1) is 22.5 Å². The molecule has 0 spiro atoms. The first-order valence-electron chi connectivity index (χ1n) is 9.71. The van der Waals surface area contributed by atoms with Gasteiger partial charge in [-0.2, -0.15) is 8.78 Å². The molecule has 1 aliphatic rings. The van der Waals surface area contributed by atoms with Crippen molar-refractivity contribution < 1.29 is 22.3 Å². The highest BCUT2D eigenvalue weighted by Crippen LogP contribution is 2.43. The molecule has 4 rings (SSSR count). The minimum atomic E-state index is -3.15. The summed E-state index contributed by atoms with van der Waals surface area (Å²) in [5.41, 5.74) is -0.735. The molecule has 31 heavy (non-hydrogen) atoms. The molecular weight excluding hydrogens is 416 g/mol. The van der Waals surface area contributed by atoms with Crippen molar-refractivity contribution >= 4 is 16.7 Å². The average Bonchev–Trinajstić information content (AvgIpc) is 3.49. The number of aryl methyl sites for hydroxylation is 1. The molecule has 2 heterocycles. The van der Waals surface area contributed by atoms with Crippen molar-refractivity contribution in [3.05, 3.63) is 58.0 Å². The van der Waals surface area contributed by atoms with Crippen LogP contribution in [0, 0.1) is 12.7 Å². The predicted molar refractivity (Wildman–Crippen MR) is 107 cm³/mol. The molecular formula is C21H20F4N4O2. The lowest BCUT2D eigenvalue weighted by atomic mass is 10.1. The van der Waals surface area contributed by atoms with E-state index >= 15 is 0 Å². The Morgan fingerprint density at radius 1 is 1.29 bits per heavy atom. The molecule has 0 amide bonds. The van der Waals surface area contributed by atoms with Gasteiger partial charge in [-0.1, -0.05) is 12.1 Å². The highest BCUT2D eigenvalue weighted by Gasteiger charge is 2.45. The molecule has 3 aromatic rings. The molecule has 0 aliphatic heterocycles. The van der Waals surface area contributed by atoms with E-state index in [9.17, 15) is 22.4 Å². The van der Waals surface area contributed by atoms with Gasteiger partial charge in [-0.25, -0.2) is 18.7 Å². The lowest BCUT2D eigenvalue weighted by Crippen LogP contribution is -2.31. The van der Waals surface area contributed by atoms with E-state index in [0.717, 1.165) is 6.07 Å². The third kappa shape index (κ3) is 3.94. The number of ether oxygens (including phenoxy) is 1. The predicted octanol–water partition coefficient (Wildman–Crippen LogP) is 4.47. The number of nitrogens with one attached hydrogen (secondary N) is 1. The maximum absolute atomic E-state index is 14.7. The smallest absolute Gasteiger partial charge is 0.387 e. The molecule has 0 radical (unpaired) electrons. The van der Waals surface area contributed by atoms with Crippen LogP contribution in [0.15, 0.2) is 35.3 Å². The zero-order chi connectivity index (χ0) is 22.3. The Bertz CT molecular complexity index is 1190. The fourth-order valence-electron chi connectivity index (χ4n) is 3.62. The molecule has 1 aliphatic carbocycles. The van der Waals surface area contributed by atoms with Gasteiger partial charge in [0.15, 0.2) is 11.6 Å². The molecule has 10 heteroatoms. The van der Waals surface area contributed by atoms with Gasteiger partial charge in [-0.15, -0.1) is 0 Å². The number of hydrogen-bond donors (Lipinski definition) is 1. The molecule has 2 aromatic heterocycles. The first-order valence-corrected chi connectivity index (χ1v) is 9.71. The van der Waals surface area contributed by atoms with Gasteiger partial charge in [-0.3, -0.25) is 4.79 Å². The van der Waals surface area contributed by atoms with Crippen LogP contribution in [0.2, 0.25) is 0 Å². The van der Waals surface area contributed by atoms with Crippen molar-refractivity contribution in [1.82, 2.24) is 14.5 Å². The van der Waals surface area contributed by atoms with E-state index < -0.39 is 36.4 Å². The third-order valence-corrected chi connectivity index (χ3v) is 5.46. The molecule has 1 aromatic carbocycles. The number of aromatic nitrogens is 3. The second-order valence-corrected chi connectivity index (χ2v) is 7.66. The van der Waals surface area contributed by atoms with Crippen LogP contribution < -0.4 is 15.6 Å². The molecule has 1 saturated carbocycles. The number of nitrogens with zero attached hydrogens (tertiary/aromatic N) is 3. The van der Waals surface area contributed by atoms with Gasteiger partial charge in [0, 0.05) is 17.8 Å². The lowest BCUT2D eigenvalue weighted by Gasteiger charge is -2.20. The van der Waals surface area contributed by atoms with Gasteiger partial charge in [0.1, 0.15) is 18.3 Å². The normalized spacial score (nSPS) is 15.8. The maximum Gasteiger partial charge on any atom is 0.387 e. The second-order valence-electron chi connectivity index (χ2n) is 7.66. The van der Waals surface area contributed by atoms with Crippen LogP contribution in [0.1, 0.15) is 37.2 Å². The SMILES string of the molecule is Cc1nc(NC(C)c2cccc(OC(F)F)c2F)c2cn(C3(CF)CC3)c(=O)cc2n1. The van der Waals surface area contributed by atoms with Crippen molar-refractivity contribution in [2.45, 2.75) is 44.9 Å². The molecule has 0 bridgehead atoms. The second kappa shape index (κ2) is 7.82. The Labute approximate surface area is 174 Å². The van der Waals surface area contributed by atoms with Crippen LogP contribution in [0.25, 0.3) is 10.9 Å². The quantitative estimate of drug-likeness (QED) is 0.554. The van der Waals surface area contributed by atoms with Gasteiger partial charge in [0.25, 0.3) is 5.56 Å². The maximum atomic E-state index is 14.7. The monoisotopic (exact) mass is 436 g/mol. The Balaban J connectivity index is 1.75. The Morgan fingerprint density at radius 3 is 2.68 bits per heavy atom. The summed E-state index contributed by atoms with van der Waals surface area (Å²) in [4.78, 5) is 21.1. The van der Waals surface area contributed by atoms with Crippen molar-refractivity contribution in [2.75, 3.05) is 12.0 Å². The fraction of sp³-hybridized carbons (Fsp3) is 0.381. The number of benzene rings is 1. The minimum absolute atomic E-state index is 0.0957. The Morgan fingerprint density at radius 2 is 2.03 bits per heavy atom. The van der Waals surface area contributed by atoms with E-state index in [2.05, 4.69) is 20.0 Å². The van der Waals surface area contributed by atoms with Crippen molar-refractivity contribution in [2.24, 2.45) is 0 Å². The molecule has 0 saturated heterocycles. The number of alkyl halides is 3. The van der Waals surface area contributed by atoms with E-state index in [4.69, 9.17) is 0 Å². The van der Waals surface area contributed by atoms with Crippen molar-refractivity contribution in [1.29, 1.82) is 0 Å². The van der Waals surface area contributed by atoms with Gasteiger partial charge < -0.3 is 14.6 Å². The summed E-state index contributed by atoms with van der Waals surface area (Å²) < 4.78 is 58.9. The van der Waals surface area contributed by atoms with Crippen LogP contribution in [0.5, 0.6) is 5.75 Å². The highest BCUT2D eigenvalue weighted by atomic mass is 19.3. The van der Waals surface area contributed by atoms with Crippen LogP contribution >= 0.6 is 0 Å². The number of pyridine rings is 1. The molecule has 1 fully saturated rings.